The van der Waals surface area contributed by atoms with Crippen molar-refractivity contribution in [2.45, 2.75) is 45.1 Å². The molecule has 1 aromatic heterocycles. The molecule has 110 valence electrons. The molecule has 4 nitrogen and oxygen atoms in total. The molecule has 1 heterocycles. The second kappa shape index (κ2) is 6.12. The third-order valence-corrected chi connectivity index (χ3v) is 4.03. The SMILES string of the molecule is CC(=O)c1cc(NC2CCCCC2)n(-c2ccccc2)n1. The first-order valence-corrected chi connectivity index (χ1v) is 7.67. The lowest BCUT2D eigenvalue weighted by Crippen LogP contribution is -2.23. The quantitative estimate of drug-likeness (QED) is 0.868. The summed E-state index contributed by atoms with van der Waals surface area (Å²) in [7, 11) is 0. The van der Waals surface area contributed by atoms with E-state index in [-0.39, 0.29) is 5.78 Å². The number of para-hydroxylation sites is 1. The summed E-state index contributed by atoms with van der Waals surface area (Å²) in [5.74, 6) is 0.912. The molecule has 0 bridgehead atoms. The van der Waals surface area contributed by atoms with E-state index < -0.39 is 0 Å². The van der Waals surface area contributed by atoms with E-state index in [1.54, 1.807) is 6.92 Å². The minimum atomic E-state index is -0.00336. The van der Waals surface area contributed by atoms with Gasteiger partial charge in [-0.15, -0.1) is 0 Å². The highest BCUT2D eigenvalue weighted by Crippen LogP contribution is 2.24. The Kier molecular flexibility index (Phi) is 4.04. The Labute approximate surface area is 125 Å². The fraction of sp³-hybridized carbons (Fsp3) is 0.412. The highest BCUT2D eigenvalue weighted by molar-refractivity contribution is 5.93. The Morgan fingerprint density at radius 3 is 2.57 bits per heavy atom. The average Bonchev–Trinajstić information content (AvgIpc) is 2.93. The van der Waals surface area contributed by atoms with Gasteiger partial charge in [0.1, 0.15) is 11.5 Å². The molecule has 0 spiro atoms. The van der Waals surface area contributed by atoms with E-state index in [1.807, 2.05) is 41.1 Å². The molecular weight excluding hydrogens is 262 g/mol. The molecule has 0 saturated heterocycles. The van der Waals surface area contributed by atoms with Crippen molar-refractivity contribution in [2.75, 3.05) is 5.32 Å². The topological polar surface area (TPSA) is 46.9 Å². The van der Waals surface area contributed by atoms with Crippen LogP contribution in [0.1, 0.15) is 49.5 Å². The molecule has 1 fully saturated rings. The number of anilines is 1. The van der Waals surface area contributed by atoms with Crippen molar-refractivity contribution in [2.24, 2.45) is 0 Å². The zero-order chi connectivity index (χ0) is 14.7. The van der Waals surface area contributed by atoms with Crippen LogP contribution in [0.3, 0.4) is 0 Å². The van der Waals surface area contributed by atoms with Crippen molar-refractivity contribution in [3.8, 4) is 5.69 Å². The number of Topliss-reactive ketones (excluding diaryl/α,β-unsaturated/α-hetero) is 1. The van der Waals surface area contributed by atoms with E-state index in [0.717, 1.165) is 11.5 Å². The number of nitrogens with zero attached hydrogens (tertiary/aromatic N) is 2. The summed E-state index contributed by atoms with van der Waals surface area (Å²) in [6.45, 7) is 1.56. The number of carbonyl (C=O) groups excluding carboxylic acids is 1. The van der Waals surface area contributed by atoms with Gasteiger partial charge in [0, 0.05) is 19.0 Å². The maximum atomic E-state index is 11.6. The Bertz CT molecular complexity index is 612. The summed E-state index contributed by atoms with van der Waals surface area (Å²) < 4.78 is 1.84. The van der Waals surface area contributed by atoms with Crippen molar-refractivity contribution in [3.05, 3.63) is 42.1 Å². The second-order valence-electron chi connectivity index (χ2n) is 5.70. The van der Waals surface area contributed by atoms with Crippen molar-refractivity contribution in [1.82, 2.24) is 9.78 Å². The first-order chi connectivity index (χ1) is 10.2. The summed E-state index contributed by atoms with van der Waals surface area (Å²) in [5.41, 5.74) is 1.49. The predicted molar refractivity (Wildman–Crippen MR) is 84.1 cm³/mol. The summed E-state index contributed by atoms with van der Waals surface area (Å²) in [6, 6.07) is 12.3. The fourth-order valence-corrected chi connectivity index (χ4v) is 2.88. The lowest BCUT2D eigenvalue weighted by Gasteiger charge is -2.24. The van der Waals surface area contributed by atoms with Gasteiger partial charge in [-0.25, -0.2) is 4.68 Å². The Morgan fingerprint density at radius 2 is 1.90 bits per heavy atom. The van der Waals surface area contributed by atoms with Gasteiger partial charge < -0.3 is 5.32 Å². The largest absolute Gasteiger partial charge is 0.367 e. The molecule has 0 radical (unpaired) electrons. The number of nitrogens with one attached hydrogen (secondary N) is 1. The van der Waals surface area contributed by atoms with Gasteiger partial charge >= 0.3 is 0 Å². The summed E-state index contributed by atoms with van der Waals surface area (Å²) in [6.07, 6.45) is 6.26. The number of hydrogen-bond acceptors (Lipinski definition) is 3. The van der Waals surface area contributed by atoms with Crippen LogP contribution in [-0.4, -0.2) is 21.6 Å². The summed E-state index contributed by atoms with van der Waals surface area (Å²) >= 11 is 0. The molecule has 2 aromatic rings. The van der Waals surface area contributed by atoms with Crippen LogP contribution in [0.2, 0.25) is 0 Å². The lowest BCUT2D eigenvalue weighted by atomic mass is 9.95. The summed E-state index contributed by atoms with van der Waals surface area (Å²) in [4.78, 5) is 11.6. The fourth-order valence-electron chi connectivity index (χ4n) is 2.88. The molecule has 1 aromatic carbocycles. The molecule has 0 amide bonds. The van der Waals surface area contributed by atoms with Gasteiger partial charge in [-0.05, 0) is 25.0 Å². The van der Waals surface area contributed by atoms with E-state index >= 15 is 0 Å². The molecule has 3 rings (SSSR count). The Morgan fingerprint density at radius 1 is 1.19 bits per heavy atom. The molecule has 0 atom stereocenters. The number of carbonyl (C=O) groups is 1. The van der Waals surface area contributed by atoms with Gasteiger partial charge in [-0.3, -0.25) is 4.79 Å². The van der Waals surface area contributed by atoms with E-state index in [0.29, 0.717) is 11.7 Å². The number of hydrogen-bond donors (Lipinski definition) is 1. The second-order valence-corrected chi connectivity index (χ2v) is 5.70. The molecule has 1 aliphatic carbocycles. The molecule has 21 heavy (non-hydrogen) atoms. The number of ketones is 1. The molecule has 0 aliphatic heterocycles. The first kappa shape index (κ1) is 13.9. The predicted octanol–water partition coefficient (Wildman–Crippen LogP) is 3.82. The molecule has 1 aliphatic rings. The van der Waals surface area contributed by atoms with Gasteiger partial charge in [0.05, 0.1) is 5.69 Å². The monoisotopic (exact) mass is 283 g/mol. The molecule has 1 N–H and O–H groups in total. The minimum absolute atomic E-state index is 0.00336. The molecule has 0 unspecified atom stereocenters. The van der Waals surface area contributed by atoms with Gasteiger partial charge in [0.2, 0.25) is 0 Å². The molecule has 1 saturated carbocycles. The number of rotatable bonds is 4. The molecule has 4 heteroatoms. The van der Waals surface area contributed by atoms with Crippen LogP contribution in [0.25, 0.3) is 5.69 Å². The minimum Gasteiger partial charge on any atom is -0.367 e. The Balaban J connectivity index is 1.91. The lowest BCUT2D eigenvalue weighted by molar-refractivity contribution is 0.101. The molecular formula is C17H21N3O. The van der Waals surface area contributed by atoms with Crippen LogP contribution in [0, 0.1) is 0 Å². The van der Waals surface area contributed by atoms with Gasteiger partial charge in [-0.2, -0.15) is 5.10 Å². The summed E-state index contributed by atoms with van der Waals surface area (Å²) in [5, 5.41) is 8.02. The maximum absolute atomic E-state index is 11.6. The highest BCUT2D eigenvalue weighted by atomic mass is 16.1. The zero-order valence-electron chi connectivity index (χ0n) is 12.4. The average molecular weight is 283 g/mol. The third-order valence-electron chi connectivity index (χ3n) is 4.03. The highest BCUT2D eigenvalue weighted by Gasteiger charge is 2.18. The van der Waals surface area contributed by atoms with E-state index in [4.69, 9.17) is 0 Å². The van der Waals surface area contributed by atoms with Crippen LogP contribution >= 0.6 is 0 Å². The zero-order valence-corrected chi connectivity index (χ0v) is 12.4. The van der Waals surface area contributed by atoms with E-state index in [1.165, 1.54) is 32.1 Å². The van der Waals surface area contributed by atoms with Crippen molar-refractivity contribution in [3.63, 3.8) is 0 Å². The van der Waals surface area contributed by atoms with Gasteiger partial charge in [-0.1, -0.05) is 37.5 Å². The van der Waals surface area contributed by atoms with Gasteiger partial charge in [0.15, 0.2) is 5.78 Å². The van der Waals surface area contributed by atoms with Crippen LogP contribution in [0.4, 0.5) is 5.82 Å². The standard InChI is InChI=1S/C17H21N3O/c1-13(21)16-12-17(18-14-8-4-2-5-9-14)20(19-16)15-10-6-3-7-11-15/h3,6-7,10-12,14,18H,2,4-5,8-9H2,1H3. The number of aromatic nitrogens is 2. The smallest absolute Gasteiger partial charge is 0.180 e. The Hall–Kier alpha value is -2.10. The van der Waals surface area contributed by atoms with Crippen LogP contribution < -0.4 is 5.32 Å². The maximum Gasteiger partial charge on any atom is 0.180 e. The number of benzene rings is 1. The third kappa shape index (κ3) is 3.15. The first-order valence-electron chi connectivity index (χ1n) is 7.67. The van der Waals surface area contributed by atoms with E-state index in [2.05, 4.69) is 10.4 Å². The van der Waals surface area contributed by atoms with Crippen LogP contribution in [0.15, 0.2) is 36.4 Å². The van der Waals surface area contributed by atoms with E-state index in [9.17, 15) is 4.79 Å². The van der Waals surface area contributed by atoms with Crippen molar-refractivity contribution in [1.29, 1.82) is 0 Å². The van der Waals surface area contributed by atoms with Gasteiger partial charge in [0.25, 0.3) is 0 Å². The van der Waals surface area contributed by atoms with Crippen LogP contribution in [0.5, 0.6) is 0 Å². The van der Waals surface area contributed by atoms with Crippen LogP contribution in [-0.2, 0) is 0 Å². The van der Waals surface area contributed by atoms with Crippen molar-refractivity contribution >= 4 is 11.6 Å². The normalized spacial score (nSPS) is 15.9. The van der Waals surface area contributed by atoms with Crippen molar-refractivity contribution < 1.29 is 4.79 Å².